The lowest BCUT2D eigenvalue weighted by Gasteiger charge is -2.29. The number of nitrogens with two attached hydrogens (primary N) is 1. The number of alkyl carbamates (subject to hydrolysis) is 1. The molecule has 1 heterocycles. The Balaban J connectivity index is 1.73. The van der Waals surface area contributed by atoms with E-state index in [-0.39, 0.29) is 24.3 Å². The molecule has 0 aliphatic carbocycles. The van der Waals surface area contributed by atoms with Gasteiger partial charge in [-0.3, -0.25) is 9.59 Å². The van der Waals surface area contributed by atoms with Crippen LogP contribution in [-0.2, 0) is 16.0 Å². The molecule has 0 aromatic heterocycles. The Labute approximate surface area is 211 Å². The van der Waals surface area contributed by atoms with Crippen molar-refractivity contribution in [2.75, 3.05) is 6.61 Å². The number of rotatable bonds is 7. The molecule has 12 heteroatoms. The number of benzene rings is 2. The summed E-state index contributed by atoms with van der Waals surface area (Å²) in [6.45, 7) is 5.45. The molecular formula is C25H28F3N3O6. The molecule has 0 saturated carbocycles. The molecule has 1 unspecified atom stereocenters. The minimum absolute atomic E-state index is 0.0634. The molecule has 2 aromatic carbocycles. The van der Waals surface area contributed by atoms with E-state index in [9.17, 15) is 27.6 Å². The summed E-state index contributed by atoms with van der Waals surface area (Å²) < 4.78 is 52.0. The van der Waals surface area contributed by atoms with Gasteiger partial charge in [0.1, 0.15) is 23.1 Å². The zero-order valence-corrected chi connectivity index (χ0v) is 20.5. The fourth-order valence-corrected chi connectivity index (χ4v) is 3.72. The number of fused-ring (bicyclic) bond motifs is 1. The number of halogens is 3. The maximum Gasteiger partial charge on any atom is 0.573 e. The van der Waals surface area contributed by atoms with Crippen LogP contribution < -0.4 is 25.8 Å². The monoisotopic (exact) mass is 523 g/mol. The van der Waals surface area contributed by atoms with Crippen molar-refractivity contribution in [1.82, 2.24) is 10.6 Å². The number of ether oxygens (including phenoxy) is 3. The molecule has 4 N–H and O–H groups in total. The second-order valence-electron chi connectivity index (χ2n) is 9.38. The van der Waals surface area contributed by atoms with Crippen LogP contribution in [-0.4, -0.2) is 42.5 Å². The van der Waals surface area contributed by atoms with Crippen LogP contribution in [0, 0.1) is 0 Å². The molecule has 2 aromatic rings. The Kier molecular flexibility index (Phi) is 8.19. The average Bonchev–Trinajstić information content (AvgIpc) is 2.77. The number of hydrogen-bond acceptors (Lipinski definition) is 6. The minimum atomic E-state index is -4.83. The van der Waals surface area contributed by atoms with Gasteiger partial charge < -0.3 is 30.6 Å². The van der Waals surface area contributed by atoms with E-state index in [2.05, 4.69) is 15.4 Å². The zero-order valence-electron chi connectivity index (χ0n) is 20.5. The molecule has 1 aliphatic rings. The Morgan fingerprint density at radius 2 is 1.78 bits per heavy atom. The molecule has 37 heavy (non-hydrogen) atoms. The lowest BCUT2D eigenvalue weighted by atomic mass is 9.97. The Morgan fingerprint density at radius 3 is 2.38 bits per heavy atom. The third-order valence-corrected chi connectivity index (χ3v) is 5.25. The van der Waals surface area contributed by atoms with Crippen molar-refractivity contribution in [2.45, 2.75) is 57.7 Å². The average molecular weight is 524 g/mol. The molecule has 0 fully saturated rings. The van der Waals surface area contributed by atoms with Crippen molar-refractivity contribution in [3.8, 4) is 11.5 Å². The van der Waals surface area contributed by atoms with E-state index in [0.29, 0.717) is 17.5 Å². The van der Waals surface area contributed by atoms with Gasteiger partial charge in [0, 0.05) is 18.4 Å². The lowest BCUT2D eigenvalue weighted by molar-refractivity contribution is -0.274. The summed E-state index contributed by atoms with van der Waals surface area (Å²) in [5.41, 5.74) is 5.94. The highest BCUT2D eigenvalue weighted by Crippen LogP contribution is 2.35. The van der Waals surface area contributed by atoms with Crippen LogP contribution in [0.15, 0.2) is 42.5 Å². The van der Waals surface area contributed by atoms with Crippen LogP contribution in [0.4, 0.5) is 18.0 Å². The van der Waals surface area contributed by atoms with Gasteiger partial charge in [-0.05, 0) is 44.5 Å². The van der Waals surface area contributed by atoms with Crippen molar-refractivity contribution in [2.24, 2.45) is 5.73 Å². The van der Waals surface area contributed by atoms with Gasteiger partial charge in [0.05, 0.1) is 18.2 Å². The number of carbonyl (C=O) groups is 3. The van der Waals surface area contributed by atoms with Crippen molar-refractivity contribution < 1.29 is 41.8 Å². The molecule has 1 aliphatic heterocycles. The first-order valence-electron chi connectivity index (χ1n) is 11.4. The number of para-hydroxylation sites is 1. The first-order chi connectivity index (χ1) is 17.2. The zero-order chi connectivity index (χ0) is 27.4. The maximum absolute atomic E-state index is 13.1. The highest BCUT2D eigenvalue weighted by Gasteiger charge is 2.32. The fourth-order valence-electron chi connectivity index (χ4n) is 3.72. The van der Waals surface area contributed by atoms with Gasteiger partial charge >= 0.3 is 12.5 Å². The van der Waals surface area contributed by atoms with Gasteiger partial charge in [-0.1, -0.05) is 24.3 Å². The molecule has 0 spiro atoms. The number of alkyl halides is 3. The smallest absolute Gasteiger partial charge is 0.492 e. The van der Waals surface area contributed by atoms with Gasteiger partial charge in [0.15, 0.2) is 0 Å². The van der Waals surface area contributed by atoms with E-state index < -0.39 is 47.7 Å². The summed E-state index contributed by atoms with van der Waals surface area (Å²) in [6, 6.07) is 8.09. The number of hydrogen-bond donors (Lipinski definition) is 3. The fraction of sp³-hybridized carbons (Fsp3) is 0.400. The van der Waals surface area contributed by atoms with E-state index in [4.69, 9.17) is 15.2 Å². The number of amides is 3. The molecular weight excluding hydrogens is 495 g/mol. The van der Waals surface area contributed by atoms with E-state index in [0.717, 1.165) is 12.1 Å². The van der Waals surface area contributed by atoms with Crippen LogP contribution in [0.25, 0.3) is 0 Å². The molecule has 3 rings (SSSR count). The largest absolute Gasteiger partial charge is 0.573 e. The first-order valence-corrected chi connectivity index (χ1v) is 11.4. The number of nitrogens with one attached hydrogen (secondary N) is 2. The predicted octanol–water partition coefficient (Wildman–Crippen LogP) is 3.76. The second kappa shape index (κ2) is 11.0. The first kappa shape index (κ1) is 27.6. The summed E-state index contributed by atoms with van der Waals surface area (Å²) in [4.78, 5) is 37.4. The SMILES string of the molecule is CC(C)(C)OC(=O)NC1CCOc2c(C(=O)N[C@@H](Cc3ccc(OC(F)(F)F)cc3)C(N)=O)cccc21. The Morgan fingerprint density at radius 1 is 1.11 bits per heavy atom. The molecule has 0 saturated heterocycles. The van der Waals surface area contributed by atoms with Crippen LogP contribution in [0.1, 0.15) is 54.7 Å². The topological polar surface area (TPSA) is 129 Å². The summed E-state index contributed by atoms with van der Waals surface area (Å²) in [6.07, 6.45) is -5.05. The quantitative estimate of drug-likeness (QED) is 0.507. The standard InChI is InChI=1S/C25H28F3N3O6/c1-24(2,3)37-23(34)31-18-11-12-35-20-16(18)5-4-6-17(20)22(33)30-19(21(29)32)13-14-7-9-15(10-8-14)36-25(26,27)28/h4-10,18-19H,11-13H2,1-3H3,(H2,29,32)(H,30,33)(H,31,34)/t18?,19-/m0/s1. The predicted molar refractivity (Wildman–Crippen MR) is 126 cm³/mol. The highest BCUT2D eigenvalue weighted by molar-refractivity contribution is 6.00. The third-order valence-electron chi connectivity index (χ3n) is 5.25. The van der Waals surface area contributed by atoms with Gasteiger partial charge in [0.25, 0.3) is 5.91 Å². The van der Waals surface area contributed by atoms with Crippen molar-refractivity contribution >= 4 is 17.9 Å². The molecule has 9 nitrogen and oxygen atoms in total. The minimum Gasteiger partial charge on any atom is -0.492 e. The summed E-state index contributed by atoms with van der Waals surface area (Å²) in [5.74, 6) is -1.64. The van der Waals surface area contributed by atoms with E-state index in [1.54, 1.807) is 32.9 Å². The summed E-state index contributed by atoms with van der Waals surface area (Å²) in [7, 11) is 0. The van der Waals surface area contributed by atoms with E-state index in [1.165, 1.54) is 18.2 Å². The van der Waals surface area contributed by atoms with Gasteiger partial charge in [-0.25, -0.2) is 4.79 Å². The molecule has 3 amide bonds. The normalized spacial score (nSPS) is 16.0. The van der Waals surface area contributed by atoms with Gasteiger partial charge in [-0.2, -0.15) is 0 Å². The maximum atomic E-state index is 13.1. The van der Waals surface area contributed by atoms with E-state index >= 15 is 0 Å². The van der Waals surface area contributed by atoms with Gasteiger partial charge in [0.2, 0.25) is 5.91 Å². The highest BCUT2D eigenvalue weighted by atomic mass is 19.4. The molecule has 200 valence electrons. The second-order valence-corrected chi connectivity index (χ2v) is 9.38. The summed E-state index contributed by atoms with van der Waals surface area (Å²) in [5, 5.41) is 5.33. The van der Waals surface area contributed by atoms with Crippen molar-refractivity contribution in [1.29, 1.82) is 0 Å². The Bertz CT molecular complexity index is 1150. The van der Waals surface area contributed by atoms with Crippen molar-refractivity contribution in [3.63, 3.8) is 0 Å². The lowest BCUT2D eigenvalue weighted by Crippen LogP contribution is -2.46. The molecule has 0 bridgehead atoms. The van der Waals surface area contributed by atoms with E-state index in [1.807, 2.05) is 0 Å². The summed E-state index contributed by atoms with van der Waals surface area (Å²) >= 11 is 0. The van der Waals surface area contributed by atoms with Crippen LogP contribution in [0.3, 0.4) is 0 Å². The third kappa shape index (κ3) is 8.02. The van der Waals surface area contributed by atoms with Gasteiger partial charge in [-0.15, -0.1) is 13.2 Å². The van der Waals surface area contributed by atoms with Crippen molar-refractivity contribution in [3.05, 3.63) is 59.2 Å². The Hall–Kier alpha value is -3.96. The van der Waals surface area contributed by atoms with Crippen LogP contribution in [0.2, 0.25) is 0 Å². The number of carbonyl (C=O) groups excluding carboxylic acids is 3. The van der Waals surface area contributed by atoms with Crippen LogP contribution in [0.5, 0.6) is 11.5 Å². The molecule has 2 atom stereocenters. The molecule has 0 radical (unpaired) electrons. The number of primary amides is 1. The van der Waals surface area contributed by atoms with Crippen LogP contribution >= 0.6 is 0 Å².